The fourth-order valence-electron chi connectivity index (χ4n) is 4.07. The maximum atomic E-state index is 14.8. The van der Waals surface area contributed by atoms with E-state index in [-0.39, 0.29) is 34.1 Å². The van der Waals surface area contributed by atoms with Crippen LogP contribution in [0.3, 0.4) is 0 Å². The molecule has 1 aromatic rings. The Morgan fingerprint density at radius 3 is 1.17 bits per heavy atom. The Morgan fingerprint density at radius 1 is 0.553 bits per heavy atom. The van der Waals surface area contributed by atoms with E-state index < -0.39 is 95.8 Å². The molecule has 0 saturated carbocycles. The minimum atomic E-state index is -6.89. The summed E-state index contributed by atoms with van der Waals surface area (Å²) in [6.07, 6.45) is -14.0. The molecule has 0 N–H and O–H groups in total. The number of alkyl halides is 10. The van der Waals surface area contributed by atoms with Gasteiger partial charge in [0.2, 0.25) is 0 Å². The van der Waals surface area contributed by atoms with E-state index in [0.29, 0.717) is 0 Å². The van der Waals surface area contributed by atoms with Crippen LogP contribution in [0, 0.1) is 0 Å². The lowest BCUT2D eigenvalue weighted by Crippen LogP contribution is -2.61. The molecule has 1 rings (SSSR count). The van der Waals surface area contributed by atoms with E-state index in [1.165, 1.54) is 42.7 Å². The molecule has 0 aliphatic rings. The summed E-state index contributed by atoms with van der Waals surface area (Å²) in [7, 11) is 0.563. The first kappa shape index (κ1) is 42.9. The molecule has 1 heterocycles. The van der Waals surface area contributed by atoms with Gasteiger partial charge in [0.1, 0.15) is 6.54 Å². The number of hydrogen-bond acceptors (Lipinski definition) is 10. The Labute approximate surface area is 262 Å². The molecule has 0 radical (unpaired) electrons. The maximum Gasteiger partial charge on any atom is 0.500 e. The Hall–Kier alpha value is -2.14. The first-order chi connectivity index (χ1) is 21.3. The Bertz CT molecular complexity index is 1280. The highest BCUT2D eigenvalue weighted by Gasteiger charge is 2.75. The predicted molar refractivity (Wildman–Crippen MR) is 143 cm³/mol. The van der Waals surface area contributed by atoms with Gasteiger partial charge < -0.3 is 26.6 Å². The van der Waals surface area contributed by atoms with Crippen molar-refractivity contribution in [3.63, 3.8) is 0 Å². The zero-order valence-electron chi connectivity index (χ0n) is 26.2. The topological polar surface area (TPSA) is 131 Å². The second kappa shape index (κ2) is 15.6. The van der Waals surface area contributed by atoms with E-state index in [1.54, 1.807) is 0 Å². The van der Waals surface area contributed by atoms with Gasteiger partial charge in [-0.15, -0.1) is 0 Å². The van der Waals surface area contributed by atoms with Crippen molar-refractivity contribution in [3.05, 3.63) is 31.5 Å². The molecule has 13 nitrogen and oxygen atoms in total. The summed E-state index contributed by atoms with van der Waals surface area (Å²) in [6, 6.07) is -0.225. The summed E-state index contributed by atoms with van der Waals surface area (Å²) in [5.41, 5.74) is -5.31. The summed E-state index contributed by atoms with van der Waals surface area (Å²) in [5.74, 6) is -18.6. The van der Waals surface area contributed by atoms with Crippen LogP contribution in [0.4, 0.5) is 43.9 Å². The number of aromatic nitrogens is 3. The number of ether oxygens (including phenoxy) is 1. The van der Waals surface area contributed by atoms with Crippen LogP contribution in [0.5, 0.6) is 0 Å². The maximum absolute atomic E-state index is 14.8. The summed E-state index contributed by atoms with van der Waals surface area (Å²) in [6.45, 7) is -5.02. The average Bonchev–Trinajstić information content (AvgIpc) is 2.98. The van der Waals surface area contributed by atoms with E-state index in [2.05, 4.69) is 4.74 Å². The highest BCUT2D eigenvalue weighted by Crippen LogP contribution is 2.50. The Kier molecular flexibility index (Phi) is 14.2. The smallest absolute Gasteiger partial charge is 0.377 e. The van der Waals surface area contributed by atoms with Crippen molar-refractivity contribution >= 4 is 17.6 Å². The van der Waals surface area contributed by atoms with Crippen LogP contribution >= 0.6 is 0 Å². The van der Waals surface area contributed by atoms with Gasteiger partial charge in [0.25, 0.3) is 0 Å². The molecule has 0 unspecified atom stereocenters. The van der Waals surface area contributed by atoms with Crippen LogP contribution in [0.2, 0.25) is 12.1 Å². The van der Waals surface area contributed by atoms with Crippen LogP contribution in [-0.4, -0.2) is 104 Å². The van der Waals surface area contributed by atoms with Gasteiger partial charge in [-0.3, -0.25) is 0 Å². The number of halogens is 10. The van der Waals surface area contributed by atoms with Crippen molar-refractivity contribution in [1.82, 2.24) is 13.7 Å². The van der Waals surface area contributed by atoms with E-state index in [1.807, 2.05) is 0 Å². The van der Waals surface area contributed by atoms with Crippen molar-refractivity contribution in [2.75, 3.05) is 42.7 Å². The molecule has 0 saturated heterocycles. The van der Waals surface area contributed by atoms with Crippen LogP contribution < -0.4 is 17.1 Å². The van der Waals surface area contributed by atoms with E-state index in [0.717, 1.165) is 0 Å². The largest absolute Gasteiger partial charge is 0.500 e. The highest BCUT2D eigenvalue weighted by atomic mass is 28.4. The lowest BCUT2D eigenvalue weighted by Gasteiger charge is -2.34. The quantitative estimate of drug-likeness (QED) is 0.137. The molecule has 0 aliphatic heterocycles. The third-order valence-electron chi connectivity index (χ3n) is 6.94. The molecular weight excluding hydrogens is 712 g/mol. The molecular formula is C22H35F10N3O10Si2. The van der Waals surface area contributed by atoms with Gasteiger partial charge in [-0.1, -0.05) is 0 Å². The lowest BCUT2D eigenvalue weighted by molar-refractivity contribution is -0.485. The van der Waals surface area contributed by atoms with Crippen molar-refractivity contribution in [1.29, 1.82) is 0 Å². The van der Waals surface area contributed by atoms with Gasteiger partial charge >= 0.3 is 64.7 Å². The summed E-state index contributed by atoms with van der Waals surface area (Å²) in [4.78, 5) is 39.3. The normalized spacial score (nSPS) is 14.2. The first-order valence-electron chi connectivity index (χ1n) is 13.2. The lowest BCUT2D eigenvalue weighted by atomic mass is 10.2. The van der Waals surface area contributed by atoms with Gasteiger partial charge in [-0.25, -0.2) is 32.8 Å². The first-order valence-corrected chi connectivity index (χ1v) is 17.0. The third-order valence-corrected chi connectivity index (χ3v) is 12.6. The van der Waals surface area contributed by atoms with Gasteiger partial charge in [-0.2, -0.15) is 43.9 Å². The fourth-order valence-corrected chi connectivity index (χ4v) is 7.47. The number of rotatable bonds is 21. The molecule has 47 heavy (non-hydrogen) atoms. The van der Waals surface area contributed by atoms with Crippen molar-refractivity contribution in [2.24, 2.45) is 0 Å². The third kappa shape index (κ3) is 9.11. The molecule has 1 aromatic heterocycles. The summed E-state index contributed by atoms with van der Waals surface area (Å²) >= 11 is 0. The number of nitrogens with zero attached hydrogens (tertiary/aromatic N) is 3. The van der Waals surface area contributed by atoms with Crippen molar-refractivity contribution in [3.8, 4) is 0 Å². The second-order valence-electron chi connectivity index (χ2n) is 9.84. The molecule has 0 fully saturated rings. The van der Waals surface area contributed by atoms with Crippen LogP contribution in [0.15, 0.2) is 14.4 Å². The van der Waals surface area contributed by atoms with Gasteiger partial charge in [-0.05, 0) is 12.8 Å². The van der Waals surface area contributed by atoms with Crippen LogP contribution in [-0.2, 0) is 50.9 Å². The zero-order chi connectivity index (χ0) is 36.9. The summed E-state index contributed by atoms with van der Waals surface area (Å²) in [5, 5.41) is 0. The average molecular weight is 748 g/mol. The second-order valence-corrected chi connectivity index (χ2v) is 16.0. The standard InChI is InChI=1S/C22H35F10N3O10Si2/c1-18(23,24)20(27,28)22(31,32)45-21(29,30)19(25,26)14-35-16(37)33(10-8-12-46(39-2,40-3)41-4)15(36)34(17(35)38)11-9-13-47(42-5,43-6)44-7/h8-14H2,1-7H3. The molecule has 0 atom stereocenters. The molecule has 0 aliphatic carbocycles. The van der Waals surface area contributed by atoms with E-state index in [9.17, 15) is 58.3 Å². The van der Waals surface area contributed by atoms with Crippen LogP contribution in [0.1, 0.15) is 19.8 Å². The molecule has 25 heteroatoms. The van der Waals surface area contributed by atoms with E-state index >= 15 is 0 Å². The SMILES string of the molecule is CO[Si](CCCn1c(=O)n(CCC[Si](OC)(OC)OC)c(=O)n(CC(F)(F)C(F)(F)OC(F)(F)C(F)(F)C(C)(F)F)c1=O)(OC)OC. The minimum absolute atomic E-state index is 0.113. The monoisotopic (exact) mass is 747 g/mol. The van der Waals surface area contributed by atoms with Crippen LogP contribution in [0.25, 0.3) is 0 Å². The summed E-state index contributed by atoms with van der Waals surface area (Å²) < 4.78 is 172. The molecule has 0 aromatic carbocycles. The Balaban J connectivity index is 3.71. The van der Waals surface area contributed by atoms with Gasteiger partial charge in [0, 0.05) is 74.8 Å². The van der Waals surface area contributed by atoms with E-state index in [4.69, 9.17) is 26.6 Å². The van der Waals surface area contributed by atoms with Gasteiger partial charge in [0.15, 0.2) is 0 Å². The zero-order valence-corrected chi connectivity index (χ0v) is 28.2. The highest BCUT2D eigenvalue weighted by molar-refractivity contribution is 6.60. The molecule has 276 valence electrons. The molecule has 0 amide bonds. The molecule has 0 spiro atoms. The molecule has 0 bridgehead atoms. The minimum Gasteiger partial charge on any atom is -0.377 e. The van der Waals surface area contributed by atoms with Crippen molar-refractivity contribution < 1.29 is 75.2 Å². The predicted octanol–water partition coefficient (Wildman–Crippen LogP) is 2.84. The van der Waals surface area contributed by atoms with Crippen molar-refractivity contribution in [2.45, 2.75) is 81.5 Å². The fraction of sp³-hybridized carbons (Fsp3) is 0.864. The Morgan fingerprint density at radius 2 is 0.872 bits per heavy atom. The number of hydrogen-bond donors (Lipinski definition) is 0. The van der Waals surface area contributed by atoms with Gasteiger partial charge in [0.05, 0.1) is 0 Å².